The van der Waals surface area contributed by atoms with Gasteiger partial charge < -0.3 is 16.2 Å². The third-order valence-electron chi connectivity index (χ3n) is 1.48. The summed E-state index contributed by atoms with van der Waals surface area (Å²) in [6.07, 6.45) is 0.846. The van der Waals surface area contributed by atoms with Crippen LogP contribution in [0.25, 0.3) is 0 Å². The van der Waals surface area contributed by atoms with Gasteiger partial charge in [0.2, 0.25) is 11.8 Å². The quantitative estimate of drug-likeness (QED) is 0.478. The van der Waals surface area contributed by atoms with E-state index in [0.717, 1.165) is 6.08 Å². The summed E-state index contributed by atoms with van der Waals surface area (Å²) < 4.78 is 0. The van der Waals surface area contributed by atoms with Crippen molar-refractivity contribution < 1.29 is 19.5 Å². The van der Waals surface area contributed by atoms with E-state index in [4.69, 9.17) is 10.8 Å². The van der Waals surface area contributed by atoms with Gasteiger partial charge >= 0.3 is 5.97 Å². The minimum absolute atomic E-state index is 0.0236. The molecule has 0 spiro atoms. The van der Waals surface area contributed by atoms with Crippen LogP contribution in [0.5, 0.6) is 0 Å². The number of hydrogen-bond acceptors (Lipinski definition) is 3. The number of aliphatic carboxylic acids is 1. The van der Waals surface area contributed by atoms with E-state index in [9.17, 15) is 14.4 Å². The van der Waals surface area contributed by atoms with Crippen molar-refractivity contribution in [1.82, 2.24) is 5.32 Å². The summed E-state index contributed by atoms with van der Waals surface area (Å²) in [7, 11) is 0. The maximum absolute atomic E-state index is 10.8. The van der Waals surface area contributed by atoms with Gasteiger partial charge in [-0.2, -0.15) is 0 Å². The van der Waals surface area contributed by atoms with Crippen LogP contribution in [0.4, 0.5) is 0 Å². The van der Waals surface area contributed by atoms with Gasteiger partial charge in [-0.15, -0.1) is 0 Å². The predicted octanol–water partition coefficient (Wildman–Crippen LogP) is -0.993. The molecule has 0 unspecified atom stereocenters. The van der Waals surface area contributed by atoms with E-state index in [1.807, 2.05) is 0 Å². The zero-order valence-corrected chi connectivity index (χ0v) is 7.53. The van der Waals surface area contributed by atoms with Gasteiger partial charge in [0.05, 0.1) is 0 Å². The second-order valence-electron chi connectivity index (χ2n) is 2.61. The van der Waals surface area contributed by atoms with E-state index in [-0.39, 0.29) is 12.8 Å². The molecule has 78 valence electrons. The third kappa shape index (κ3) is 4.91. The Morgan fingerprint density at radius 2 is 2.07 bits per heavy atom. The Kier molecular flexibility index (Phi) is 4.98. The van der Waals surface area contributed by atoms with Crippen molar-refractivity contribution in [3.63, 3.8) is 0 Å². The Bertz CT molecular complexity index is 262. The van der Waals surface area contributed by atoms with Gasteiger partial charge in [-0.25, -0.2) is 4.79 Å². The Labute approximate surface area is 80.8 Å². The molecule has 0 aromatic heterocycles. The molecule has 0 fully saturated rings. The second-order valence-corrected chi connectivity index (χ2v) is 2.61. The van der Waals surface area contributed by atoms with Crippen LogP contribution in [0, 0.1) is 0 Å². The minimum Gasteiger partial charge on any atom is -0.480 e. The molecule has 0 aromatic carbocycles. The van der Waals surface area contributed by atoms with Crippen LogP contribution >= 0.6 is 0 Å². The Morgan fingerprint density at radius 3 is 2.43 bits per heavy atom. The summed E-state index contributed by atoms with van der Waals surface area (Å²) in [6, 6.07) is -1.10. The number of amides is 2. The minimum atomic E-state index is -1.21. The first-order valence-corrected chi connectivity index (χ1v) is 3.91. The lowest BCUT2D eigenvalue weighted by Gasteiger charge is -2.11. The van der Waals surface area contributed by atoms with Crippen LogP contribution < -0.4 is 11.1 Å². The highest BCUT2D eigenvalue weighted by Gasteiger charge is 2.18. The SMILES string of the molecule is C=CC(=O)N[C@H](CCC(N)=O)C(=O)O. The summed E-state index contributed by atoms with van der Waals surface area (Å²) in [5, 5.41) is 10.8. The van der Waals surface area contributed by atoms with Gasteiger partial charge in [-0.05, 0) is 12.5 Å². The molecule has 0 aliphatic rings. The number of carboxylic acids is 1. The van der Waals surface area contributed by atoms with E-state index < -0.39 is 23.8 Å². The predicted molar refractivity (Wildman–Crippen MR) is 48.2 cm³/mol. The van der Waals surface area contributed by atoms with Crippen molar-refractivity contribution in [1.29, 1.82) is 0 Å². The molecule has 0 aromatic rings. The number of nitrogens with two attached hydrogens (primary N) is 1. The number of hydrogen-bond donors (Lipinski definition) is 3. The van der Waals surface area contributed by atoms with Crippen LogP contribution in [0.3, 0.4) is 0 Å². The van der Waals surface area contributed by atoms with Crippen LogP contribution in [0.15, 0.2) is 12.7 Å². The maximum atomic E-state index is 10.8. The summed E-state index contributed by atoms with van der Waals surface area (Å²) >= 11 is 0. The largest absolute Gasteiger partial charge is 0.480 e. The van der Waals surface area contributed by atoms with Crippen LogP contribution in [0.1, 0.15) is 12.8 Å². The van der Waals surface area contributed by atoms with E-state index in [2.05, 4.69) is 11.9 Å². The second kappa shape index (κ2) is 5.74. The molecule has 0 saturated heterocycles. The number of carboxylic acid groups (broad SMARTS) is 1. The number of primary amides is 1. The molecule has 0 radical (unpaired) electrons. The number of carbonyl (C=O) groups is 3. The molecular formula is C8H12N2O4. The summed E-state index contributed by atoms with van der Waals surface area (Å²) in [4.78, 5) is 31.7. The topological polar surface area (TPSA) is 109 Å². The molecular weight excluding hydrogens is 188 g/mol. The molecule has 0 heterocycles. The fraction of sp³-hybridized carbons (Fsp3) is 0.375. The van der Waals surface area contributed by atoms with Crippen LogP contribution in [-0.4, -0.2) is 28.9 Å². The molecule has 6 nitrogen and oxygen atoms in total. The average Bonchev–Trinajstić information content (AvgIpc) is 2.10. The smallest absolute Gasteiger partial charge is 0.326 e. The first kappa shape index (κ1) is 12.2. The molecule has 6 heteroatoms. The molecule has 0 aliphatic carbocycles. The van der Waals surface area contributed by atoms with E-state index in [0.29, 0.717) is 0 Å². The highest BCUT2D eigenvalue weighted by Crippen LogP contribution is 1.97. The summed E-state index contributed by atoms with van der Waals surface area (Å²) in [6.45, 7) is 3.17. The molecule has 0 saturated carbocycles. The van der Waals surface area contributed by atoms with E-state index in [1.165, 1.54) is 0 Å². The number of carbonyl (C=O) groups excluding carboxylic acids is 2. The fourth-order valence-corrected chi connectivity index (χ4v) is 0.775. The van der Waals surface area contributed by atoms with E-state index >= 15 is 0 Å². The lowest BCUT2D eigenvalue weighted by molar-refractivity contribution is -0.141. The zero-order valence-electron chi connectivity index (χ0n) is 7.53. The highest BCUT2D eigenvalue weighted by molar-refractivity contribution is 5.90. The molecule has 0 aliphatic heterocycles. The Morgan fingerprint density at radius 1 is 1.50 bits per heavy atom. The molecule has 14 heavy (non-hydrogen) atoms. The van der Waals surface area contributed by atoms with Crippen molar-refractivity contribution in [3.05, 3.63) is 12.7 Å². The van der Waals surface area contributed by atoms with Gasteiger partial charge in [-0.1, -0.05) is 6.58 Å². The van der Waals surface area contributed by atoms with Gasteiger partial charge in [0.25, 0.3) is 0 Å². The lowest BCUT2D eigenvalue weighted by Crippen LogP contribution is -2.40. The van der Waals surface area contributed by atoms with Crippen molar-refractivity contribution in [2.24, 2.45) is 5.73 Å². The van der Waals surface area contributed by atoms with Gasteiger partial charge in [-0.3, -0.25) is 9.59 Å². The Hall–Kier alpha value is -1.85. The van der Waals surface area contributed by atoms with Crippen LogP contribution in [0.2, 0.25) is 0 Å². The third-order valence-corrected chi connectivity index (χ3v) is 1.48. The molecule has 1 atom stereocenters. The molecule has 4 N–H and O–H groups in total. The normalized spacial score (nSPS) is 11.4. The Balaban J connectivity index is 4.15. The summed E-state index contributed by atoms with van der Waals surface area (Å²) in [5.74, 6) is -2.41. The lowest BCUT2D eigenvalue weighted by atomic mass is 10.1. The molecule has 2 amide bonds. The van der Waals surface area contributed by atoms with Gasteiger partial charge in [0.15, 0.2) is 0 Å². The van der Waals surface area contributed by atoms with Crippen molar-refractivity contribution >= 4 is 17.8 Å². The fourth-order valence-electron chi connectivity index (χ4n) is 0.775. The maximum Gasteiger partial charge on any atom is 0.326 e. The molecule has 0 rings (SSSR count). The monoisotopic (exact) mass is 200 g/mol. The first-order chi connectivity index (χ1) is 6.47. The molecule has 0 bridgehead atoms. The standard InChI is InChI=1S/C8H12N2O4/c1-2-7(12)10-5(8(13)14)3-4-6(9)11/h2,5H,1,3-4H2,(H2,9,11)(H,10,12)(H,13,14)/t5-/m1/s1. The van der Waals surface area contributed by atoms with Gasteiger partial charge in [0.1, 0.15) is 6.04 Å². The number of rotatable bonds is 6. The average molecular weight is 200 g/mol. The highest BCUT2D eigenvalue weighted by atomic mass is 16.4. The van der Waals surface area contributed by atoms with Crippen molar-refractivity contribution in [2.75, 3.05) is 0 Å². The van der Waals surface area contributed by atoms with E-state index in [1.54, 1.807) is 0 Å². The van der Waals surface area contributed by atoms with Crippen molar-refractivity contribution in [3.8, 4) is 0 Å². The number of nitrogens with one attached hydrogen (secondary N) is 1. The first-order valence-electron chi connectivity index (χ1n) is 3.91. The van der Waals surface area contributed by atoms with Gasteiger partial charge in [0, 0.05) is 6.42 Å². The zero-order chi connectivity index (χ0) is 11.1. The van der Waals surface area contributed by atoms with Crippen molar-refractivity contribution in [2.45, 2.75) is 18.9 Å². The van der Waals surface area contributed by atoms with Crippen LogP contribution in [-0.2, 0) is 14.4 Å². The summed E-state index contributed by atoms with van der Waals surface area (Å²) in [5.41, 5.74) is 4.84.